The summed E-state index contributed by atoms with van der Waals surface area (Å²) in [6, 6.07) is 18.4. The van der Waals surface area contributed by atoms with Gasteiger partial charge in [-0.2, -0.15) is 0 Å². The second-order valence-corrected chi connectivity index (χ2v) is 8.58. The normalized spacial score (nSPS) is 11.2. The van der Waals surface area contributed by atoms with E-state index in [2.05, 4.69) is 62.4 Å². The van der Waals surface area contributed by atoms with Gasteiger partial charge in [-0.15, -0.1) is 0 Å². The second-order valence-electron chi connectivity index (χ2n) is 6.25. The van der Waals surface area contributed by atoms with Crippen molar-refractivity contribution >= 4 is 38.2 Å². The van der Waals surface area contributed by atoms with Crippen molar-refractivity contribution in [3.8, 4) is 0 Å². The van der Waals surface area contributed by atoms with Gasteiger partial charge in [-0.25, -0.2) is 13.0 Å². The molecule has 0 aliphatic carbocycles. The molecule has 0 atom stereocenters. The summed E-state index contributed by atoms with van der Waals surface area (Å²) in [5, 5.41) is 13.0. The summed E-state index contributed by atoms with van der Waals surface area (Å²) < 4.78 is 33.1. The van der Waals surface area contributed by atoms with Crippen LogP contribution in [0.25, 0.3) is 0 Å². The summed E-state index contributed by atoms with van der Waals surface area (Å²) in [6.45, 7) is 5.01. The van der Waals surface area contributed by atoms with Crippen LogP contribution in [-0.4, -0.2) is 20.1 Å². The van der Waals surface area contributed by atoms with E-state index in [1.807, 2.05) is 37.4 Å². The fraction of sp³-hybridized carbons (Fsp3) is 0.250. The Bertz CT molecular complexity index is 1080. The molecule has 3 aromatic rings. The minimum absolute atomic E-state index is 0.808. The first kappa shape index (κ1) is 23.6. The van der Waals surface area contributed by atoms with Gasteiger partial charge in [0.1, 0.15) is 11.4 Å². The maximum atomic E-state index is 9.22. The Morgan fingerprint density at radius 3 is 2.17 bits per heavy atom. The average molecular weight is 449 g/mol. The Labute approximate surface area is 180 Å². The smallest absolute Gasteiger partial charge is 0.408 e. The summed E-state index contributed by atoms with van der Waals surface area (Å²) >= 11 is 1.66. The zero-order valence-electron chi connectivity index (χ0n) is 17.2. The Morgan fingerprint density at radius 2 is 1.67 bits per heavy atom. The number of aryl methyl sites for hydroxylation is 1. The molecular formula is C20H24N4O4S2. The summed E-state index contributed by atoms with van der Waals surface area (Å²) in [4.78, 5) is 1.27. The van der Waals surface area contributed by atoms with Gasteiger partial charge in [0, 0.05) is 12.2 Å². The van der Waals surface area contributed by atoms with Crippen LogP contribution < -0.4 is 9.88 Å². The minimum atomic E-state index is -4.41. The average Bonchev–Trinajstić information content (AvgIpc) is 2.99. The zero-order valence-corrected chi connectivity index (χ0v) is 18.8. The van der Waals surface area contributed by atoms with Crippen LogP contribution in [0.3, 0.4) is 0 Å². The molecule has 0 radical (unpaired) electrons. The van der Waals surface area contributed by atoms with Crippen LogP contribution >= 0.6 is 11.3 Å². The number of hydrogen-bond donors (Lipinski definition) is 1. The predicted molar refractivity (Wildman–Crippen MR) is 116 cm³/mol. The molecule has 8 nitrogen and oxygen atoms in total. The molecule has 0 fully saturated rings. The topological polar surface area (TPSA) is 107 Å². The number of nitrogens with zero attached hydrogens (tertiary/aromatic N) is 3. The van der Waals surface area contributed by atoms with E-state index in [0.29, 0.717) is 0 Å². The molecule has 0 saturated heterocycles. The van der Waals surface area contributed by atoms with Crippen molar-refractivity contribution in [3.05, 3.63) is 70.7 Å². The van der Waals surface area contributed by atoms with Gasteiger partial charge in [0.25, 0.3) is 0 Å². The first-order chi connectivity index (χ1) is 14.2. The largest absolute Gasteiger partial charge is 0.726 e. The van der Waals surface area contributed by atoms with Gasteiger partial charge in [0.2, 0.25) is 10.4 Å². The van der Waals surface area contributed by atoms with E-state index < -0.39 is 10.4 Å². The van der Waals surface area contributed by atoms with Gasteiger partial charge in [-0.3, -0.25) is 4.18 Å². The first-order valence-electron chi connectivity index (χ1n) is 8.96. The van der Waals surface area contributed by atoms with Gasteiger partial charge < -0.3 is 9.87 Å². The van der Waals surface area contributed by atoms with Gasteiger partial charge in [0.05, 0.1) is 24.1 Å². The Hall–Kier alpha value is -2.66. The first-order valence-corrected chi connectivity index (χ1v) is 11.1. The molecule has 0 spiro atoms. The highest BCUT2D eigenvalue weighted by Crippen LogP contribution is 2.24. The lowest BCUT2D eigenvalue weighted by molar-refractivity contribution is -0.660. The van der Waals surface area contributed by atoms with Crippen LogP contribution in [0.2, 0.25) is 0 Å². The number of anilines is 1. The van der Waals surface area contributed by atoms with E-state index >= 15 is 0 Å². The molecule has 10 heteroatoms. The van der Waals surface area contributed by atoms with Crippen molar-refractivity contribution in [3.63, 3.8) is 0 Å². The van der Waals surface area contributed by atoms with Crippen LogP contribution in [0.5, 0.6) is 0 Å². The van der Waals surface area contributed by atoms with Gasteiger partial charge in [-0.1, -0.05) is 30.3 Å². The fourth-order valence-electron chi connectivity index (χ4n) is 2.29. The fourth-order valence-corrected chi connectivity index (χ4v) is 3.21. The van der Waals surface area contributed by atoms with E-state index in [4.69, 9.17) is 0 Å². The molecule has 1 aromatic heterocycles. The van der Waals surface area contributed by atoms with Gasteiger partial charge in [0.15, 0.2) is 0 Å². The molecule has 0 amide bonds. The van der Waals surface area contributed by atoms with E-state index in [1.165, 1.54) is 16.1 Å². The predicted octanol–water partition coefficient (Wildman–Crippen LogP) is 4.31. The van der Waals surface area contributed by atoms with Crippen molar-refractivity contribution in [2.75, 3.05) is 12.4 Å². The lowest BCUT2D eigenvalue weighted by Gasteiger charge is -2.05. The molecule has 1 heterocycles. The molecule has 0 aliphatic rings. The molecule has 0 aliphatic heterocycles. The minimum Gasteiger partial charge on any atom is -0.726 e. The summed E-state index contributed by atoms with van der Waals surface area (Å²) in [6.07, 6.45) is 0. The number of azo groups is 1. The van der Waals surface area contributed by atoms with Crippen molar-refractivity contribution in [1.29, 1.82) is 0 Å². The summed E-state index contributed by atoms with van der Waals surface area (Å²) in [5.74, 6) is 0. The lowest BCUT2D eigenvalue weighted by Crippen LogP contribution is -2.28. The van der Waals surface area contributed by atoms with E-state index in [0.717, 1.165) is 30.2 Å². The molecule has 30 heavy (non-hydrogen) atoms. The third kappa shape index (κ3) is 7.64. The maximum Gasteiger partial charge on any atom is 0.408 e. The third-order valence-electron chi connectivity index (χ3n) is 4.21. The number of thiazole rings is 1. The van der Waals surface area contributed by atoms with Crippen molar-refractivity contribution in [2.45, 2.75) is 20.4 Å². The number of aromatic nitrogens is 1. The molecule has 2 aromatic carbocycles. The highest BCUT2D eigenvalue weighted by molar-refractivity contribution is 7.80. The maximum absolute atomic E-state index is 9.22. The lowest BCUT2D eigenvalue weighted by atomic mass is 10.2. The highest BCUT2D eigenvalue weighted by Gasteiger charge is 2.15. The second kappa shape index (κ2) is 10.9. The monoisotopic (exact) mass is 448 g/mol. The van der Waals surface area contributed by atoms with Crippen LogP contribution in [-0.2, 0) is 28.2 Å². The Kier molecular flexibility index (Phi) is 8.60. The van der Waals surface area contributed by atoms with Crippen molar-refractivity contribution in [2.24, 2.45) is 17.3 Å². The molecule has 1 N–H and O–H groups in total. The number of benzene rings is 2. The molecule has 160 valence electrons. The Morgan fingerprint density at radius 1 is 1.07 bits per heavy atom. The van der Waals surface area contributed by atoms with E-state index in [1.54, 1.807) is 11.3 Å². The number of rotatable bonds is 6. The van der Waals surface area contributed by atoms with Crippen LogP contribution in [0.4, 0.5) is 16.5 Å². The molecule has 3 rings (SSSR count). The van der Waals surface area contributed by atoms with E-state index in [-0.39, 0.29) is 0 Å². The third-order valence-corrected chi connectivity index (χ3v) is 5.75. The van der Waals surface area contributed by atoms with Gasteiger partial charge in [-0.05, 0) is 60.1 Å². The quantitative estimate of drug-likeness (QED) is 0.262. The molecule has 0 unspecified atom stereocenters. The number of nitrogens with one attached hydrogen (secondary N) is 1. The molecule has 0 saturated carbocycles. The van der Waals surface area contributed by atoms with Crippen molar-refractivity contribution < 1.29 is 21.7 Å². The SMILES string of the molecule is COS(=O)(=O)[O-].Cc1sc(N=Nc2ccc(NCc3ccccc3)cc2)[n+](C)c1C. The Balaban J connectivity index is 0.000000469. The van der Waals surface area contributed by atoms with Crippen molar-refractivity contribution in [1.82, 2.24) is 0 Å². The van der Waals surface area contributed by atoms with Crippen LogP contribution in [0.15, 0.2) is 64.8 Å². The van der Waals surface area contributed by atoms with Crippen LogP contribution in [0.1, 0.15) is 16.1 Å². The standard InChI is InChI=1S/C19H20N4S.CH4O4S/c1-14-15(2)24-19(23(14)3)22-21-18-11-9-17(10-12-18)20-13-16-7-5-4-6-8-16;1-5-6(2,3)4/h4-12H,13H2,1-3H3;1H3,(H,2,3,4). The molecule has 0 bridgehead atoms. The van der Waals surface area contributed by atoms with Crippen LogP contribution in [0, 0.1) is 13.8 Å². The van der Waals surface area contributed by atoms with E-state index in [9.17, 15) is 13.0 Å². The summed E-state index contributed by atoms with van der Waals surface area (Å²) in [7, 11) is -1.59. The molecular weight excluding hydrogens is 424 g/mol. The zero-order chi connectivity index (χ0) is 22.1. The number of hydrogen-bond acceptors (Lipinski definition) is 8. The highest BCUT2D eigenvalue weighted by atomic mass is 32.3. The summed E-state index contributed by atoms with van der Waals surface area (Å²) in [5.41, 5.74) is 4.42. The van der Waals surface area contributed by atoms with Gasteiger partial charge >= 0.3 is 5.13 Å².